The quantitative estimate of drug-likeness (QED) is 0.836. The normalized spacial score (nSPS) is 10.3. The second-order valence-corrected chi connectivity index (χ2v) is 5.01. The number of aryl methyl sites for hydroxylation is 1. The van der Waals surface area contributed by atoms with Gasteiger partial charge in [0.05, 0.1) is 5.69 Å². The van der Waals surface area contributed by atoms with Crippen molar-refractivity contribution in [2.75, 3.05) is 5.32 Å². The average molecular weight is 336 g/mol. The summed E-state index contributed by atoms with van der Waals surface area (Å²) in [6.07, 6.45) is 0. The highest BCUT2D eigenvalue weighted by Gasteiger charge is 2.13. The van der Waals surface area contributed by atoms with Crippen molar-refractivity contribution in [1.82, 2.24) is 5.32 Å². The highest BCUT2D eigenvalue weighted by atomic mass is 32.1. The summed E-state index contributed by atoms with van der Waals surface area (Å²) in [5, 5.41) is 5.17. The summed E-state index contributed by atoms with van der Waals surface area (Å²) in [6.45, 7) is -1.15. The van der Waals surface area contributed by atoms with Crippen LogP contribution in [0, 0.1) is 6.92 Å². The number of para-hydroxylation sites is 2. The molecule has 0 unspecified atom stereocenters. The van der Waals surface area contributed by atoms with E-state index in [1.807, 2.05) is 6.07 Å². The lowest BCUT2D eigenvalue weighted by Crippen LogP contribution is -2.34. The molecule has 0 spiro atoms. The molecule has 0 heterocycles. The van der Waals surface area contributed by atoms with E-state index < -0.39 is 6.61 Å². The average Bonchev–Trinajstić information content (AvgIpc) is 2.49. The third-order valence-corrected chi connectivity index (χ3v) is 3.17. The zero-order chi connectivity index (χ0) is 16.8. The monoisotopic (exact) mass is 336 g/mol. The van der Waals surface area contributed by atoms with Crippen LogP contribution in [0.3, 0.4) is 0 Å². The van der Waals surface area contributed by atoms with E-state index in [1.54, 1.807) is 37.3 Å². The summed E-state index contributed by atoms with van der Waals surface area (Å²) >= 11 is 5.04. The van der Waals surface area contributed by atoms with E-state index >= 15 is 0 Å². The molecule has 0 bridgehead atoms. The number of carbonyl (C=O) groups excluding carboxylic acids is 1. The minimum atomic E-state index is -2.95. The fourth-order valence-corrected chi connectivity index (χ4v) is 2.12. The smallest absolute Gasteiger partial charge is 0.387 e. The molecule has 0 aromatic heterocycles. The highest BCUT2D eigenvalue weighted by molar-refractivity contribution is 7.80. The molecule has 120 valence electrons. The maximum atomic E-state index is 12.4. The van der Waals surface area contributed by atoms with E-state index in [2.05, 4.69) is 15.4 Å². The molecular weight excluding hydrogens is 322 g/mol. The number of anilines is 1. The van der Waals surface area contributed by atoms with Gasteiger partial charge in [0.1, 0.15) is 5.75 Å². The number of hydrogen-bond donors (Lipinski definition) is 2. The molecule has 2 rings (SSSR count). The number of alkyl halides is 2. The number of amides is 1. The van der Waals surface area contributed by atoms with Crippen molar-refractivity contribution in [2.24, 2.45) is 0 Å². The largest absolute Gasteiger partial charge is 0.433 e. The molecular formula is C16H14F2N2O2S. The molecule has 1 amide bonds. The maximum Gasteiger partial charge on any atom is 0.387 e. The Hall–Kier alpha value is -2.54. The van der Waals surface area contributed by atoms with Gasteiger partial charge < -0.3 is 10.1 Å². The Morgan fingerprint density at radius 1 is 1.13 bits per heavy atom. The second kappa shape index (κ2) is 7.64. The zero-order valence-electron chi connectivity index (χ0n) is 12.2. The van der Waals surface area contributed by atoms with Gasteiger partial charge >= 0.3 is 6.61 Å². The fourth-order valence-electron chi connectivity index (χ4n) is 1.92. The number of hydrogen-bond acceptors (Lipinski definition) is 3. The van der Waals surface area contributed by atoms with Gasteiger partial charge in [-0.1, -0.05) is 30.3 Å². The Bertz CT molecular complexity index is 723. The first-order valence-electron chi connectivity index (χ1n) is 6.69. The molecule has 2 aromatic carbocycles. The minimum Gasteiger partial charge on any atom is -0.433 e. The maximum absolute atomic E-state index is 12.4. The van der Waals surface area contributed by atoms with E-state index in [9.17, 15) is 13.6 Å². The number of ether oxygens (including phenoxy) is 1. The Morgan fingerprint density at radius 3 is 2.48 bits per heavy atom. The molecule has 0 radical (unpaired) electrons. The highest BCUT2D eigenvalue weighted by Crippen LogP contribution is 2.25. The second-order valence-electron chi connectivity index (χ2n) is 4.60. The minimum absolute atomic E-state index is 0.0106. The van der Waals surface area contributed by atoms with E-state index in [1.165, 1.54) is 12.1 Å². The van der Waals surface area contributed by atoms with Crippen molar-refractivity contribution in [3.63, 3.8) is 0 Å². The van der Waals surface area contributed by atoms with Crippen molar-refractivity contribution in [2.45, 2.75) is 13.5 Å². The molecule has 0 atom stereocenters. The van der Waals surface area contributed by atoms with Crippen LogP contribution < -0.4 is 15.4 Å². The summed E-state index contributed by atoms with van der Waals surface area (Å²) in [5.41, 5.74) is 1.52. The van der Waals surface area contributed by atoms with Crippen molar-refractivity contribution < 1.29 is 18.3 Å². The molecule has 0 aliphatic rings. The van der Waals surface area contributed by atoms with Crippen molar-refractivity contribution in [3.05, 3.63) is 59.7 Å². The van der Waals surface area contributed by atoms with Gasteiger partial charge in [0.25, 0.3) is 5.91 Å². The number of carbonyl (C=O) groups is 1. The number of halogens is 2. The fraction of sp³-hybridized carbons (Fsp3) is 0.125. The van der Waals surface area contributed by atoms with E-state index in [0.29, 0.717) is 5.56 Å². The van der Waals surface area contributed by atoms with Crippen LogP contribution in [0.5, 0.6) is 5.75 Å². The Kier molecular flexibility index (Phi) is 5.59. The molecule has 0 fully saturated rings. The van der Waals surface area contributed by atoms with Gasteiger partial charge in [0.15, 0.2) is 5.11 Å². The lowest BCUT2D eigenvalue weighted by atomic mass is 10.1. The predicted molar refractivity (Wildman–Crippen MR) is 87.9 cm³/mol. The van der Waals surface area contributed by atoms with Crippen LogP contribution >= 0.6 is 12.2 Å². The third-order valence-electron chi connectivity index (χ3n) is 2.97. The van der Waals surface area contributed by atoms with Gasteiger partial charge in [-0.2, -0.15) is 8.78 Å². The van der Waals surface area contributed by atoms with Crippen LogP contribution in [0.15, 0.2) is 48.5 Å². The van der Waals surface area contributed by atoms with Gasteiger partial charge in [0, 0.05) is 5.56 Å². The van der Waals surface area contributed by atoms with Crippen LogP contribution in [-0.2, 0) is 0 Å². The van der Waals surface area contributed by atoms with Crippen molar-refractivity contribution >= 4 is 28.9 Å². The zero-order valence-corrected chi connectivity index (χ0v) is 13.0. The van der Waals surface area contributed by atoms with Gasteiger partial charge in [-0.15, -0.1) is 0 Å². The van der Waals surface area contributed by atoms with Crippen molar-refractivity contribution in [3.8, 4) is 5.75 Å². The SMILES string of the molecule is Cc1ccccc1C(=O)NC(=S)Nc1ccccc1OC(F)F. The standard InChI is InChI=1S/C16H14F2N2O2S/c1-10-6-2-3-7-11(10)14(21)20-16(23)19-12-8-4-5-9-13(12)22-15(17)18/h2-9,15H,1H3,(H2,19,20,21,23). The lowest BCUT2D eigenvalue weighted by molar-refractivity contribution is -0.0493. The van der Waals surface area contributed by atoms with E-state index in [-0.39, 0.29) is 22.5 Å². The first-order chi connectivity index (χ1) is 11.0. The van der Waals surface area contributed by atoms with Crippen LogP contribution in [0.2, 0.25) is 0 Å². The predicted octanol–water partition coefficient (Wildman–Crippen LogP) is 3.72. The molecule has 0 aliphatic carbocycles. The van der Waals surface area contributed by atoms with Crippen LogP contribution in [0.4, 0.5) is 14.5 Å². The molecule has 23 heavy (non-hydrogen) atoms. The van der Waals surface area contributed by atoms with Crippen LogP contribution in [0.1, 0.15) is 15.9 Å². The molecule has 2 aromatic rings. The first-order valence-corrected chi connectivity index (χ1v) is 7.10. The Morgan fingerprint density at radius 2 is 1.78 bits per heavy atom. The van der Waals surface area contributed by atoms with Crippen LogP contribution in [0.25, 0.3) is 0 Å². The first kappa shape index (κ1) is 16.8. The number of benzene rings is 2. The lowest BCUT2D eigenvalue weighted by Gasteiger charge is -2.14. The van der Waals surface area contributed by atoms with Gasteiger partial charge in [-0.25, -0.2) is 0 Å². The van der Waals surface area contributed by atoms with Gasteiger partial charge in [0.2, 0.25) is 0 Å². The summed E-state index contributed by atoms with van der Waals surface area (Å²) in [7, 11) is 0. The summed E-state index contributed by atoms with van der Waals surface area (Å²) < 4.78 is 29.1. The third kappa shape index (κ3) is 4.72. The van der Waals surface area contributed by atoms with Gasteiger partial charge in [-0.3, -0.25) is 10.1 Å². The summed E-state index contributed by atoms with van der Waals surface area (Å²) in [5.74, 6) is -0.442. The topological polar surface area (TPSA) is 50.4 Å². The van der Waals surface area contributed by atoms with Crippen molar-refractivity contribution in [1.29, 1.82) is 0 Å². The molecule has 0 saturated heterocycles. The Balaban J connectivity index is 2.06. The van der Waals surface area contributed by atoms with Crippen LogP contribution in [-0.4, -0.2) is 17.6 Å². The van der Waals surface area contributed by atoms with Gasteiger partial charge in [-0.05, 0) is 42.9 Å². The molecule has 0 saturated carbocycles. The molecule has 4 nitrogen and oxygen atoms in total. The molecule has 7 heteroatoms. The van der Waals surface area contributed by atoms with E-state index in [0.717, 1.165) is 5.56 Å². The molecule has 2 N–H and O–H groups in total. The Labute approximate surface area is 137 Å². The number of rotatable bonds is 4. The summed E-state index contributed by atoms with van der Waals surface area (Å²) in [6, 6.07) is 13.1. The van der Waals surface area contributed by atoms with E-state index in [4.69, 9.17) is 12.2 Å². The molecule has 0 aliphatic heterocycles. The summed E-state index contributed by atoms with van der Waals surface area (Å²) in [4.78, 5) is 12.1. The number of nitrogens with one attached hydrogen (secondary N) is 2. The number of thiocarbonyl (C=S) groups is 1.